The molecule has 0 saturated heterocycles. The van der Waals surface area contributed by atoms with E-state index in [2.05, 4.69) is 40.9 Å². The predicted molar refractivity (Wildman–Crippen MR) is 211 cm³/mol. The number of hydrogen-bond acceptors (Lipinski definition) is 14. The average molecular weight is 811 g/mol. The summed E-state index contributed by atoms with van der Waals surface area (Å²) in [5, 5.41) is 17.1. The summed E-state index contributed by atoms with van der Waals surface area (Å²) in [6.45, 7) is 6.76. The van der Waals surface area contributed by atoms with Crippen molar-refractivity contribution >= 4 is 63.6 Å². The summed E-state index contributed by atoms with van der Waals surface area (Å²) in [6, 6.07) is 4.39. The Morgan fingerprint density at radius 1 is 0.797 bits per heavy atom. The fourth-order valence-corrected chi connectivity index (χ4v) is 6.16. The third kappa shape index (κ3) is 9.09. The first kappa shape index (κ1) is 41.2. The van der Waals surface area contributed by atoms with Crippen LogP contribution in [0.5, 0.6) is 5.75 Å². The van der Waals surface area contributed by atoms with Crippen molar-refractivity contribution < 1.29 is 42.7 Å². The molecule has 0 fully saturated rings. The van der Waals surface area contributed by atoms with Crippen molar-refractivity contribution in [3.8, 4) is 5.75 Å². The van der Waals surface area contributed by atoms with Crippen LogP contribution in [0.25, 0.3) is 22.2 Å². The Morgan fingerprint density at radius 3 is 1.93 bits per heavy atom. The van der Waals surface area contributed by atoms with Crippen LogP contribution in [0.3, 0.4) is 0 Å². The second-order valence-electron chi connectivity index (χ2n) is 13.0. The van der Waals surface area contributed by atoms with Gasteiger partial charge in [0.15, 0.2) is 17.4 Å². The lowest BCUT2D eigenvalue weighted by molar-refractivity contribution is -0.123. The Morgan fingerprint density at radius 2 is 1.36 bits per heavy atom. The SMILES string of the molecule is CCc1nc(C)oc1C(=O)Nc1nc2cc(C(N)=O)cnc2n1C/C=C/Cn1c(NC(=O)c2oc(C)nc2CC)nc2cc(C(N)=O)cc(OCCCNC(=O)CO)c21. The topological polar surface area (TPSA) is 304 Å². The normalized spacial score (nSPS) is 11.4. The summed E-state index contributed by atoms with van der Waals surface area (Å²) in [5.74, 6) is -2.12. The molecule has 0 aliphatic heterocycles. The number of imidazole rings is 2. The Balaban J connectivity index is 1.36. The number of rotatable bonds is 18. The van der Waals surface area contributed by atoms with Gasteiger partial charge in [0.25, 0.3) is 11.8 Å². The second-order valence-corrected chi connectivity index (χ2v) is 13.0. The first-order valence-corrected chi connectivity index (χ1v) is 18.5. The molecule has 0 atom stereocenters. The van der Waals surface area contributed by atoms with Crippen molar-refractivity contribution in [3.63, 3.8) is 0 Å². The minimum atomic E-state index is -0.743. The van der Waals surface area contributed by atoms with E-state index >= 15 is 0 Å². The van der Waals surface area contributed by atoms with Gasteiger partial charge in [0, 0.05) is 45.2 Å². The van der Waals surface area contributed by atoms with Crippen LogP contribution in [0, 0.1) is 13.8 Å². The summed E-state index contributed by atoms with van der Waals surface area (Å²) in [4.78, 5) is 85.0. The van der Waals surface area contributed by atoms with Gasteiger partial charge in [-0.1, -0.05) is 26.0 Å². The van der Waals surface area contributed by atoms with Gasteiger partial charge in [0.2, 0.25) is 41.1 Å². The molecule has 0 spiro atoms. The van der Waals surface area contributed by atoms with E-state index in [0.29, 0.717) is 53.6 Å². The number of amides is 5. The Bertz CT molecular complexity index is 2620. The van der Waals surface area contributed by atoms with Crippen molar-refractivity contribution in [1.29, 1.82) is 0 Å². The molecule has 1 aromatic carbocycles. The van der Waals surface area contributed by atoms with E-state index < -0.39 is 36.1 Å². The molecule has 21 heteroatoms. The van der Waals surface area contributed by atoms with Gasteiger partial charge in [-0.05, 0) is 37.5 Å². The Hall–Kier alpha value is -7.42. The van der Waals surface area contributed by atoms with Crippen molar-refractivity contribution in [1.82, 2.24) is 39.4 Å². The summed E-state index contributed by atoms with van der Waals surface area (Å²) in [5.41, 5.74) is 13.6. The molecule has 0 unspecified atom stereocenters. The van der Waals surface area contributed by atoms with E-state index in [-0.39, 0.29) is 77.6 Å². The van der Waals surface area contributed by atoms with Crippen LogP contribution in [0.1, 0.15) is 85.3 Å². The molecule has 5 amide bonds. The molecule has 5 aromatic heterocycles. The molecule has 59 heavy (non-hydrogen) atoms. The quantitative estimate of drug-likeness (QED) is 0.0537. The number of fused-ring (bicyclic) bond motifs is 2. The van der Waals surface area contributed by atoms with Crippen LogP contribution in [0.15, 0.2) is 45.4 Å². The van der Waals surface area contributed by atoms with Crippen LogP contribution in [0.2, 0.25) is 0 Å². The largest absolute Gasteiger partial charge is 0.491 e. The molecular formula is C38H42N12O9. The van der Waals surface area contributed by atoms with E-state index in [1.807, 2.05) is 13.8 Å². The van der Waals surface area contributed by atoms with Crippen molar-refractivity contribution in [2.24, 2.45) is 11.5 Å². The maximum Gasteiger partial charge on any atom is 0.295 e. The number of ether oxygens (including phenoxy) is 1. The molecule has 21 nitrogen and oxygen atoms in total. The van der Waals surface area contributed by atoms with Crippen LogP contribution < -0.4 is 32.2 Å². The number of aryl methyl sites for hydroxylation is 4. The zero-order valence-electron chi connectivity index (χ0n) is 32.6. The van der Waals surface area contributed by atoms with Gasteiger partial charge in [-0.3, -0.25) is 39.2 Å². The van der Waals surface area contributed by atoms with Gasteiger partial charge in [-0.25, -0.2) is 24.9 Å². The summed E-state index contributed by atoms with van der Waals surface area (Å²) in [6.07, 6.45) is 6.05. The van der Waals surface area contributed by atoms with Crippen LogP contribution in [-0.2, 0) is 30.7 Å². The lowest BCUT2D eigenvalue weighted by atomic mass is 10.1. The van der Waals surface area contributed by atoms with E-state index in [4.69, 9.17) is 30.1 Å². The highest BCUT2D eigenvalue weighted by molar-refractivity contribution is 6.05. The molecule has 5 heterocycles. The van der Waals surface area contributed by atoms with Gasteiger partial charge in [-0.15, -0.1) is 0 Å². The van der Waals surface area contributed by atoms with E-state index in [9.17, 15) is 24.0 Å². The highest BCUT2D eigenvalue weighted by atomic mass is 16.5. The van der Waals surface area contributed by atoms with Gasteiger partial charge < -0.3 is 40.0 Å². The summed E-state index contributed by atoms with van der Waals surface area (Å²) >= 11 is 0. The Labute approximate surface area is 335 Å². The zero-order valence-corrected chi connectivity index (χ0v) is 32.6. The number of carbonyl (C=O) groups is 5. The number of oxazole rings is 2. The average Bonchev–Trinajstić information content (AvgIpc) is 3.97. The van der Waals surface area contributed by atoms with Crippen molar-refractivity contribution in [2.45, 2.75) is 60.0 Å². The third-order valence-electron chi connectivity index (χ3n) is 8.89. The fourth-order valence-electron chi connectivity index (χ4n) is 6.16. The zero-order chi connectivity index (χ0) is 42.4. The number of carbonyl (C=O) groups excluding carboxylic acids is 5. The molecule has 8 N–H and O–H groups in total. The number of anilines is 2. The summed E-state index contributed by atoms with van der Waals surface area (Å²) in [7, 11) is 0. The lowest BCUT2D eigenvalue weighted by Gasteiger charge is -2.13. The molecule has 0 saturated carbocycles. The third-order valence-corrected chi connectivity index (χ3v) is 8.89. The number of aliphatic hydroxyl groups is 1. The van der Waals surface area contributed by atoms with Crippen LogP contribution in [-0.4, -0.2) is 88.5 Å². The smallest absolute Gasteiger partial charge is 0.295 e. The van der Waals surface area contributed by atoms with Crippen molar-refractivity contribution in [2.75, 3.05) is 30.4 Å². The fraction of sp³-hybridized carbons (Fsp3) is 0.316. The lowest BCUT2D eigenvalue weighted by Crippen LogP contribution is -2.28. The van der Waals surface area contributed by atoms with Gasteiger partial charge in [0.1, 0.15) is 23.4 Å². The number of primary amides is 2. The number of allylic oxidation sites excluding steroid dienone is 2. The molecule has 0 aliphatic carbocycles. The second kappa shape index (κ2) is 17.8. The maximum atomic E-state index is 13.6. The highest BCUT2D eigenvalue weighted by Crippen LogP contribution is 2.32. The number of aromatic nitrogens is 7. The van der Waals surface area contributed by atoms with Gasteiger partial charge in [0.05, 0.1) is 29.1 Å². The minimum Gasteiger partial charge on any atom is -0.491 e. The maximum absolute atomic E-state index is 13.6. The number of nitrogens with two attached hydrogens (primary N) is 2. The predicted octanol–water partition coefficient (Wildman–Crippen LogP) is 2.33. The number of pyridine rings is 1. The van der Waals surface area contributed by atoms with Gasteiger partial charge >= 0.3 is 0 Å². The number of benzene rings is 1. The monoisotopic (exact) mass is 810 g/mol. The van der Waals surface area contributed by atoms with Crippen molar-refractivity contribution in [3.05, 3.63) is 82.4 Å². The molecule has 0 aliphatic rings. The first-order chi connectivity index (χ1) is 28.3. The molecule has 308 valence electrons. The molecule has 6 rings (SSSR count). The number of hydrogen-bond donors (Lipinski definition) is 6. The summed E-state index contributed by atoms with van der Waals surface area (Å²) < 4.78 is 20.6. The molecule has 0 radical (unpaired) electrons. The molecular weight excluding hydrogens is 768 g/mol. The number of aliphatic hydroxyl groups excluding tert-OH is 1. The Kier molecular flexibility index (Phi) is 12.4. The number of nitrogens with one attached hydrogen (secondary N) is 3. The molecule has 0 bridgehead atoms. The van der Waals surface area contributed by atoms with Gasteiger partial charge in [-0.2, -0.15) is 0 Å². The minimum absolute atomic E-state index is 0.0125. The van der Waals surface area contributed by atoms with E-state index in [0.717, 1.165) is 0 Å². The molecule has 6 aromatic rings. The van der Waals surface area contributed by atoms with Crippen LogP contribution >= 0.6 is 0 Å². The van der Waals surface area contributed by atoms with E-state index in [1.54, 1.807) is 35.1 Å². The standard InChI is InChI=1S/C38H42N12O9/c1-5-23-30(58-19(3)43-23)35(55)47-37-45-25-14-21(32(39)53)16-27(57-13-9-10-41-28(52)18-51)29(25)49(37)11-7-8-12-50-34-26(15-22(17-42-34)33(40)54)46-38(50)48-36(56)31-24(6-2)44-20(4)59-31/h7-8,14-17,51H,5-6,9-13,18H2,1-4H3,(H2,39,53)(H2,40,54)(H,41,52)(H,45,47,55)(H,46,48,56)/b8-7+. The highest BCUT2D eigenvalue weighted by Gasteiger charge is 2.25. The van der Waals surface area contributed by atoms with E-state index in [1.165, 1.54) is 24.4 Å². The number of nitrogens with zero attached hydrogens (tertiary/aromatic N) is 7. The first-order valence-electron chi connectivity index (χ1n) is 18.5. The van der Waals surface area contributed by atoms with Crippen LogP contribution in [0.4, 0.5) is 11.9 Å².